The molecule has 4 aliphatic rings. The molecular formula is C80H76BN3O. The maximum Gasteiger partial charge on any atom is 0.252 e. The SMILES string of the molecule is CC(C)(C)c1ccc(N(c2ccc(C(C)(C)C)cc2)c2cc3c4c(c2)N(c2cccc5c2oc2ccccc25)c2ccccc2B4c2cc4c(cc2N3c2ccc3c(c2)C(C)(C)c2ccccc2C3(C)C)C(C)(C)c2ccccc2C4(C)C)cc1. The van der Waals surface area contributed by atoms with Crippen LogP contribution >= 0.6 is 0 Å². The summed E-state index contributed by atoms with van der Waals surface area (Å²) in [6, 6.07) is 79.2. The molecule has 3 heterocycles. The Labute approximate surface area is 503 Å². The van der Waals surface area contributed by atoms with E-state index < -0.39 is 0 Å². The summed E-state index contributed by atoms with van der Waals surface area (Å²) in [5, 5.41) is 2.21. The number of anilines is 9. The van der Waals surface area contributed by atoms with Crippen molar-refractivity contribution in [1.29, 1.82) is 0 Å². The van der Waals surface area contributed by atoms with Crippen molar-refractivity contribution < 1.29 is 4.42 Å². The van der Waals surface area contributed by atoms with Gasteiger partial charge < -0.3 is 19.1 Å². The number of fused-ring (bicyclic) bond motifs is 11. The first-order valence-corrected chi connectivity index (χ1v) is 30.8. The zero-order chi connectivity index (χ0) is 59.1. The summed E-state index contributed by atoms with van der Waals surface area (Å²) < 4.78 is 7.09. The van der Waals surface area contributed by atoms with Crippen molar-refractivity contribution in [3.05, 3.63) is 262 Å². The van der Waals surface area contributed by atoms with E-state index in [4.69, 9.17) is 4.42 Å². The molecule has 0 N–H and O–H groups in total. The number of benzene rings is 10. The first-order chi connectivity index (χ1) is 40.5. The molecule has 0 atom stereocenters. The van der Waals surface area contributed by atoms with Crippen molar-refractivity contribution in [3.8, 4) is 0 Å². The summed E-state index contributed by atoms with van der Waals surface area (Å²) in [4.78, 5) is 7.73. The Kier molecular flexibility index (Phi) is 11.3. The van der Waals surface area contributed by atoms with Gasteiger partial charge in [-0.05, 0) is 156 Å². The van der Waals surface area contributed by atoms with Crippen LogP contribution in [0.3, 0.4) is 0 Å². The van der Waals surface area contributed by atoms with Gasteiger partial charge in [0.15, 0.2) is 5.58 Å². The van der Waals surface area contributed by atoms with E-state index in [1.165, 1.54) is 77.7 Å². The van der Waals surface area contributed by atoms with Gasteiger partial charge in [-0.25, -0.2) is 0 Å². The van der Waals surface area contributed by atoms with Crippen LogP contribution in [-0.2, 0) is 32.5 Å². The minimum atomic E-state index is -0.289. The summed E-state index contributed by atoms with van der Waals surface area (Å²) in [5.41, 5.74) is 28.2. The number of rotatable bonds is 5. The van der Waals surface area contributed by atoms with Crippen LogP contribution in [0.25, 0.3) is 21.9 Å². The number of hydrogen-bond donors (Lipinski definition) is 0. The number of hydrogen-bond acceptors (Lipinski definition) is 4. The average molecular weight is 1110 g/mol. The molecule has 420 valence electrons. The molecule has 1 aromatic heterocycles. The second-order valence-electron chi connectivity index (χ2n) is 29.0. The predicted molar refractivity (Wildman–Crippen MR) is 361 cm³/mol. The molecule has 4 nitrogen and oxygen atoms in total. The van der Waals surface area contributed by atoms with Gasteiger partial charge in [-0.2, -0.15) is 0 Å². The third-order valence-electron chi connectivity index (χ3n) is 20.5. The molecule has 10 aromatic carbocycles. The van der Waals surface area contributed by atoms with E-state index in [2.05, 4.69) is 318 Å². The van der Waals surface area contributed by atoms with Crippen LogP contribution in [0.4, 0.5) is 51.2 Å². The van der Waals surface area contributed by atoms with Gasteiger partial charge in [0.2, 0.25) is 0 Å². The standard InChI is InChI=1S/C80H76BN3O/c1-75(2,3)49-34-38-51(39-35-49)82(52-40-36-50(37-41-52)76(4,5)6)54-45-70-73-71(46-54)84(68-32-23-25-56-55-24-15-22-33-72(55)85-74(56)68)67-31-21-20-30-65(67)81(73)66-47-63-64(80(13,14)60-29-19-18-28-59(60)79(63,11)12)48-69(66)83(70)53-42-43-61-62(44-53)78(9,10)58-27-17-16-26-57(58)77(61,7)8/h15-48H,1-14H3. The molecule has 5 heteroatoms. The predicted octanol–water partition coefficient (Wildman–Crippen LogP) is 19.7. The van der Waals surface area contributed by atoms with Crippen LogP contribution in [0.15, 0.2) is 211 Å². The summed E-state index contributed by atoms with van der Waals surface area (Å²) in [5.74, 6) is 0. The summed E-state index contributed by atoms with van der Waals surface area (Å²) in [6.45, 7) is 33.2. The molecule has 0 unspecified atom stereocenters. The molecule has 0 spiro atoms. The third-order valence-corrected chi connectivity index (χ3v) is 20.5. The molecule has 0 saturated carbocycles. The van der Waals surface area contributed by atoms with Gasteiger partial charge in [0.25, 0.3) is 6.71 Å². The molecule has 85 heavy (non-hydrogen) atoms. The number of nitrogens with zero attached hydrogens (tertiary/aromatic N) is 3. The van der Waals surface area contributed by atoms with Crippen LogP contribution < -0.4 is 31.1 Å². The highest BCUT2D eigenvalue weighted by molar-refractivity contribution is 7.00. The number of para-hydroxylation sites is 3. The van der Waals surface area contributed by atoms with Crippen LogP contribution in [0.1, 0.15) is 153 Å². The van der Waals surface area contributed by atoms with Crippen LogP contribution in [-0.4, -0.2) is 6.71 Å². The van der Waals surface area contributed by atoms with Crippen molar-refractivity contribution in [3.63, 3.8) is 0 Å². The third kappa shape index (κ3) is 7.67. The Hall–Kier alpha value is -8.54. The fourth-order valence-electron chi connectivity index (χ4n) is 15.7. The highest BCUT2D eigenvalue weighted by atomic mass is 16.3. The average Bonchev–Trinajstić information content (AvgIpc) is 1.01. The maximum absolute atomic E-state index is 7.09. The first-order valence-electron chi connectivity index (χ1n) is 30.8. The zero-order valence-corrected chi connectivity index (χ0v) is 52.0. The Morgan fingerprint density at radius 2 is 0.812 bits per heavy atom. The quantitative estimate of drug-likeness (QED) is 0.160. The van der Waals surface area contributed by atoms with Gasteiger partial charge in [-0.3, -0.25) is 0 Å². The second-order valence-corrected chi connectivity index (χ2v) is 29.0. The fraction of sp³-hybridized carbons (Fsp3) is 0.250. The van der Waals surface area contributed by atoms with E-state index in [0.29, 0.717) is 0 Å². The van der Waals surface area contributed by atoms with Crippen molar-refractivity contribution in [2.24, 2.45) is 0 Å². The van der Waals surface area contributed by atoms with E-state index in [1.54, 1.807) is 0 Å². The topological polar surface area (TPSA) is 22.9 Å². The zero-order valence-electron chi connectivity index (χ0n) is 52.0. The minimum Gasteiger partial charge on any atom is -0.454 e. The van der Waals surface area contributed by atoms with Crippen LogP contribution in [0, 0.1) is 0 Å². The lowest BCUT2D eigenvalue weighted by Gasteiger charge is -2.48. The molecule has 2 aliphatic carbocycles. The monoisotopic (exact) mass is 1110 g/mol. The molecule has 0 fully saturated rings. The lowest BCUT2D eigenvalue weighted by Crippen LogP contribution is -2.62. The Balaban J connectivity index is 1.09. The molecular weight excluding hydrogens is 1030 g/mol. The largest absolute Gasteiger partial charge is 0.454 e. The highest BCUT2D eigenvalue weighted by Crippen LogP contribution is 2.56. The van der Waals surface area contributed by atoms with Crippen molar-refractivity contribution in [2.45, 2.75) is 129 Å². The van der Waals surface area contributed by atoms with E-state index in [9.17, 15) is 0 Å². The minimum absolute atomic E-state index is 0.0199. The number of furan rings is 1. The van der Waals surface area contributed by atoms with Crippen LogP contribution in [0.2, 0.25) is 0 Å². The first kappa shape index (κ1) is 53.2. The molecule has 11 aromatic rings. The molecule has 0 amide bonds. The van der Waals surface area contributed by atoms with E-state index in [0.717, 1.165) is 67.4 Å². The van der Waals surface area contributed by atoms with E-state index in [-0.39, 0.29) is 39.2 Å². The smallest absolute Gasteiger partial charge is 0.252 e. The summed E-state index contributed by atoms with van der Waals surface area (Å²) >= 11 is 0. The van der Waals surface area contributed by atoms with Gasteiger partial charge in [0.1, 0.15) is 5.58 Å². The lowest BCUT2D eigenvalue weighted by molar-refractivity contribution is 0.520. The normalized spacial score (nSPS) is 16.4. The molecule has 0 saturated heterocycles. The van der Waals surface area contributed by atoms with Crippen LogP contribution in [0.5, 0.6) is 0 Å². The molecule has 0 radical (unpaired) electrons. The molecule has 2 aliphatic heterocycles. The van der Waals surface area contributed by atoms with Gasteiger partial charge >= 0.3 is 0 Å². The Morgan fingerprint density at radius 1 is 0.353 bits per heavy atom. The van der Waals surface area contributed by atoms with Gasteiger partial charge in [-0.15, -0.1) is 0 Å². The van der Waals surface area contributed by atoms with Gasteiger partial charge in [0.05, 0.1) is 11.4 Å². The van der Waals surface area contributed by atoms with Crippen molar-refractivity contribution in [2.75, 3.05) is 14.7 Å². The second kappa shape index (κ2) is 18.0. The Morgan fingerprint density at radius 3 is 1.39 bits per heavy atom. The van der Waals surface area contributed by atoms with Gasteiger partial charge in [0, 0.05) is 72.2 Å². The maximum atomic E-state index is 7.09. The summed E-state index contributed by atoms with van der Waals surface area (Å²) in [6.07, 6.45) is 0. The van der Waals surface area contributed by atoms with Crippen molar-refractivity contribution in [1.82, 2.24) is 0 Å². The highest BCUT2D eigenvalue weighted by Gasteiger charge is 2.49. The Bertz CT molecular complexity index is 4520. The van der Waals surface area contributed by atoms with E-state index in [1.807, 2.05) is 0 Å². The fourth-order valence-corrected chi connectivity index (χ4v) is 15.7. The molecule has 0 bridgehead atoms. The lowest BCUT2D eigenvalue weighted by atomic mass is 9.33. The summed E-state index contributed by atoms with van der Waals surface area (Å²) in [7, 11) is 0. The van der Waals surface area contributed by atoms with Crippen molar-refractivity contribution >= 4 is 96.2 Å². The van der Waals surface area contributed by atoms with Gasteiger partial charge in [-0.1, -0.05) is 230 Å². The van der Waals surface area contributed by atoms with E-state index >= 15 is 0 Å². The molecule has 15 rings (SSSR count).